The van der Waals surface area contributed by atoms with Crippen LogP contribution in [0.1, 0.15) is 59.1 Å². The summed E-state index contributed by atoms with van der Waals surface area (Å²) in [5.41, 5.74) is 7.23. The summed E-state index contributed by atoms with van der Waals surface area (Å²) in [4.78, 5) is 13.7. The van der Waals surface area contributed by atoms with Gasteiger partial charge in [-0.2, -0.15) is 5.10 Å². The zero-order valence-corrected chi connectivity index (χ0v) is 17.3. The number of halogens is 1. The number of hydrogen-bond donors (Lipinski definition) is 0. The Morgan fingerprint density at radius 1 is 1.00 bits per heavy atom. The first kappa shape index (κ1) is 20.0. The van der Waals surface area contributed by atoms with E-state index in [4.69, 9.17) is 0 Å². The molecule has 0 amide bonds. The third-order valence-corrected chi connectivity index (χ3v) is 5.27. The van der Waals surface area contributed by atoms with Crippen molar-refractivity contribution in [2.75, 3.05) is 0 Å². The summed E-state index contributed by atoms with van der Waals surface area (Å²) in [5, 5.41) is 4.63. The van der Waals surface area contributed by atoms with Gasteiger partial charge in [0.1, 0.15) is 11.5 Å². The average Bonchev–Trinajstić information content (AvgIpc) is 3.03. The molecular formula is C24H27FN2O. The molecule has 0 bridgehead atoms. The van der Waals surface area contributed by atoms with E-state index in [0.29, 0.717) is 12.1 Å². The van der Waals surface area contributed by atoms with Crippen LogP contribution >= 0.6 is 0 Å². The van der Waals surface area contributed by atoms with Crippen LogP contribution in [0, 0.1) is 12.7 Å². The topological polar surface area (TPSA) is 34.9 Å². The van der Waals surface area contributed by atoms with Crippen LogP contribution in [0.3, 0.4) is 0 Å². The van der Waals surface area contributed by atoms with Crippen LogP contribution in [0.25, 0.3) is 11.3 Å². The molecule has 0 atom stereocenters. The molecule has 2 aromatic carbocycles. The van der Waals surface area contributed by atoms with E-state index in [0.717, 1.165) is 46.4 Å². The number of hydrogen-bond acceptors (Lipinski definition) is 2. The van der Waals surface area contributed by atoms with Crippen LogP contribution in [0.4, 0.5) is 4.39 Å². The minimum Gasteiger partial charge on any atom is -0.287 e. The molecule has 0 aliphatic rings. The lowest BCUT2D eigenvalue weighted by Crippen LogP contribution is -2.15. The fourth-order valence-corrected chi connectivity index (χ4v) is 3.94. The van der Waals surface area contributed by atoms with E-state index in [1.165, 1.54) is 17.7 Å². The Balaban J connectivity index is 2.20. The second-order valence-corrected chi connectivity index (χ2v) is 7.15. The van der Waals surface area contributed by atoms with E-state index in [9.17, 15) is 9.18 Å². The first-order valence-corrected chi connectivity index (χ1v) is 9.90. The molecule has 0 fully saturated rings. The number of carbonyl (C=O) groups is 1. The fraction of sp³-hybridized carbons (Fsp3) is 0.333. The normalized spacial score (nSPS) is 11.1. The van der Waals surface area contributed by atoms with E-state index >= 15 is 0 Å². The minimum atomic E-state index is -0.283. The molecule has 0 saturated heterocycles. The van der Waals surface area contributed by atoms with E-state index in [-0.39, 0.29) is 11.6 Å². The van der Waals surface area contributed by atoms with Gasteiger partial charge in [0.05, 0.1) is 5.69 Å². The highest BCUT2D eigenvalue weighted by Crippen LogP contribution is 2.30. The summed E-state index contributed by atoms with van der Waals surface area (Å²) < 4.78 is 15.0. The van der Waals surface area contributed by atoms with E-state index in [1.54, 1.807) is 16.8 Å². The van der Waals surface area contributed by atoms with Crippen molar-refractivity contribution in [2.24, 2.45) is 7.05 Å². The summed E-state index contributed by atoms with van der Waals surface area (Å²) in [5.74, 6) is -0.261. The van der Waals surface area contributed by atoms with Crippen molar-refractivity contribution in [2.45, 2.75) is 47.0 Å². The molecule has 28 heavy (non-hydrogen) atoms. The summed E-state index contributed by atoms with van der Waals surface area (Å²) in [7, 11) is 1.81. The number of benzene rings is 2. The number of aromatic nitrogens is 2. The van der Waals surface area contributed by atoms with E-state index in [2.05, 4.69) is 38.0 Å². The van der Waals surface area contributed by atoms with Crippen molar-refractivity contribution in [3.63, 3.8) is 0 Å². The van der Waals surface area contributed by atoms with Crippen LogP contribution in [0.5, 0.6) is 0 Å². The van der Waals surface area contributed by atoms with Gasteiger partial charge in [-0.1, -0.05) is 38.5 Å². The van der Waals surface area contributed by atoms with Gasteiger partial charge >= 0.3 is 0 Å². The smallest absolute Gasteiger partial charge is 0.211 e. The van der Waals surface area contributed by atoms with Gasteiger partial charge < -0.3 is 0 Å². The lowest BCUT2D eigenvalue weighted by atomic mass is 9.89. The summed E-state index contributed by atoms with van der Waals surface area (Å²) in [6.07, 6.45) is 2.29. The Labute approximate surface area is 166 Å². The van der Waals surface area contributed by atoms with Gasteiger partial charge in [0, 0.05) is 23.7 Å². The molecule has 3 nitrogen and oxygen atoms in total. The predicted molar refractivity (Wildman–Crippen MR) is 111 cm³/mol. The zero-order valence-electron chi connectivity index (χ0n) is 17.3. The SMILES string of the molecule is CCc1cc(C)cc(CC)c1C(=O)c1c(CC)c(-c2ccc(F)cc2)nn1C. The molecule has 3 aromatic rings. The monoisotopic (exact) mass is 378 g/mol. The average molecular weight is 378 g/mol. The highest BCUT2D eigenvalue weighted by Gasteiger charge is 2.26. The Bertz CT molecular complexity index is 991. The van der Waals surface area contributed by atoms with Crippen molar-refractivity contribution in [1.82, 2.24) is 9.78 Å². The summed E-state index contributed by atoms with van der Waals surface area (Å²) >= 11 is 0. The van der Waals surface area contributed by atoms with Gasteiger partial charge in [-0.3, -0.25) is 9.48 Å². The van der Waals surface area contributed by atoms with Crippen LogP contribution in [-0.4, -0.2) is 15.6 Å². The van der Waals surface area contributed by atoms with Gasteiger partial charge in [0.2, 0.25) is 5.78 Å². The van der Waals surface area contributed by atoms with Gasteiger partial charge in [0.15, 0.2) is 0 Å². The molecule has 0 saturated carbocycles. The number of rotatable bonds is 6. The molecule has 0 radical (unpaired) electrons. The Kier molecular flexibility index (Phi) is 5.78. The third kappa shape index (κ3) is 3.51. The molecule has 146 valence electrons. The quantitative estimate of drug-likeness (QED) is 0.534. The fourth-order valence-electron chi connectivity index (χ4n) is 3.94. The van der Waals surface area contributed by atoms with Crippen molar-refractivity contribution in [3.8, 4) is 11.3 Å². The van der Waals surface area contributed by atoms with Crippen LogP contribution in [0.2, 0.25) is 0 Å². The second kappa shape index (κ2) is 8.09. The Hall–Kier alpha value is -2.75. The van der Waals surface area contributed by atoms with Crippen molar-refractivity contribution >= 4 is 5.78 Å². The largest absolute Gasteiger partial charge is 0.287 e. The molecule has 0 N–H and O–H groups in total. The zero-order chi connectivity index (χ0) is 20.4. The molecule has 3 rings (SSSR count). The summed E-state index contributed by atoms with van der Waals surface area (Å²) in [6.45, 7) is 8.26. The van der Waals surface area contributed by atoms with Gasteiger partial charge in [-0.15, -0.1) is 0 Å². The highest BCUT2D eigenvalue weighted by molar-refractivity contribution is 6.11. The molecule has 0 aliphatic heterocycles. The molecular weight excluding hydrogens is 351 g/mol. The number of nitrogens with zero attached hydrogens (tertiary/aromatic N) is 2. The maximum Gasteiger partial charge on any atom is 0.211 e. The van der Waals surface area contributed by atoms with Crippen molar-refractivity contribution < 1.29 is 9.18 Å². The first-order chi connectivity index (χ1) is 13.4. The van der Waals surface area contributed by atoms with Crippen molar-refractivity contribution in [3.05, 3.63) is 75.7 Å². The lowest BCUT2D eigenvalue weighted by Gasteiger charge is -2.15. The molecule has 4 heteroatoms. The minimum absolute atomic E-state index is 0.0221. The lowest BCUT2D eigenvalue weighted by molar-refractivity contribution is 0.102. The van der Waals surface area contributed by atoms with Crippen molar-refractivity contribution in [1.29, 1.82) is 0 Å². The number of aryl methyl sites for hydroxylation is 4. The number of ketones is 1. The highest BCUT2D eigenvalue weighted by atomic mass is 19.1. The van der Waals surface area contributed by atoms with Crippen LogP contribution < -0.4 is 0 Å². The van der Waals surface area contributed by atoms with Crippen LogP contribution in [-0.2, 0) is 26.3 Å². The molecule has 0 aliphatic carbocycles. The van der Waals surface area contributed by atoms with Crippen LogP contribution in [0.15, 0.2) is 36.4 Å². The Morgan fingerprint density at radius 2 is 1.57 bits per heavy atom. The maximum atomic E-state index is 13.7. The number of carbonyl (C=O) groups excluding carboxylic acids is 1. The maximum absolute atomic E-state index is 13.7. The second-order valence-electron chi connectivity index (χ2n) is 7.15. The molecule has 1 aromatic heterocycles. The standard InChI is InChI=1S/C24H27FN2O/c1-6-16-13-15(4)14-17(7-2)21(16)24(28)23-20(8-3)22(26-27(23)5)18-9-11-19(25)12-10-18/h9-14H,6-8H2,1-5H3. The molecule has 0 spiro atoms. The van der Waals surface area contributed by atoms with Gasteiger partial charge in [-0.25, -0.2) is 4.39 Å². The third-order valence-electron chi connectivity index (χ3n) is 5.27. The van der Waals surface area contributed by atoms with Gasteiger partial charge in [0.25, 0.3) is 0 Å². The van der Waals surface area contributed by atoms with E-state index < -0.39 is 0 Å². The van der Waals surface area contributed by atoms with Gasteiger partial charge in [-0.05, 0) is 61.6 Å². The van der Waals surface area contributed by atoms with E-state index in [1.807, 2.05) is 14.0 Å². The predicted octanol–water partition coefficient (Wildman–Crippen LogP) is 5.45. The molecule has 1 heterocycles. The first-order valence-electron chi connectivity index (χ1n) is 9.90. The molecule has 0 unspecified atom stereocenters. The summed E-state index contributed by atoms with van der Waals surface area (Å²) in [6, 6.07) is 10.5. The Morgan fingerprint density at radius 3 is 2.07 bits per heavy atom.